The molecule has 20 heavy (non-hydrogen) atoms. The third-order valence-corrected chi connectivity index (χ3v) is 4.71. The summed E-state index contributed by atoms with van der Waals surface area (Å²) in [5, 5.41) is 3.98. The maximum absolute atomic E-state index is 13.2. The highest BCUT2D eigenvalue weighted by molar-refractivity contribution is 7.13. The standard InChI is InChI=1S/C15H15FN2OS/c1-2-14-17-8-13(20-14)15(19)18-12-6-3-9-7-10(16)4-5-11(9)12/h4-5,7-8,12H,2-3,6H2,1H3,(H,18,19). The summed E-state index contributed by atoms with van der Waals surface area (Å²) < 4.78 is 13.2. The van der Waals surface area contributed by atoms with Crippen LogP contribution < -0.4 is 5.32 Å². The summed E-state index contributed by atoms with van der Waals surface area (Å²) >= 11 is 1.42. The quantitative estimate of drug-likeness (QED) is 0.942. The number of nitrogens with one attached hydrogen (secondary N) is 1. The highest BCUT2D eigenvalue weighted by Gasteiger charge is 2.25. The summed E-state index contributed by atoms with van der Waals surface area (Å²) in [6.45, 7) is 2.02. The van der Waals surface area contributed by atoms with Gasteiger partial charge in [0.15, 0.2) is 0 Å². The van der Waals surface area contributed by atoms with Crippen molar-refractivity contribution in [3.63, 3.8) is 0 Å². The van der Waals surface area contributed by atoms with E-state index in [1.807, 2.05) is 6.92 Å². The number of thiazole rings is 1. The molecule has 1 amide bonds. The molecule has 1 heterocycles. The van der Waals surface area contributed by atoms with E-state index < -0.39 is 0 Å². The molecule has 0 spiro atoms. The lowest BCUT2D eigenvalue weighted by molar-refractivity contribution is 0.0940. The molecule has 0 saturated heterocycles. The highest BCUT2D eigenvalue weighted by Crippen LogP contribution is 2.31. The van der Waals surface area contributed by atoms with Crippen molar-refractivity contribution in [2.45, 2.75) is 32.2 Å². The Kier molecular flexibility index (Phi) is 3.53. The topological polar surface area (TPSA) is 42.0 Å². The number of carbonyl (C=O) groups is 1. The first-order valence-electron chi connectivity index (χ1n) is 6.71. The number of carbonyl (C=O) groups excluding carboxylic acids is 1. The molecule has 1 aliphatic rings. The van der Waals surface area contributed by atoms with Gasteiger partial charge >= 0.3 is 0 Å². The number of amides is 1. The molecule has 3 nitrogen and oxygen atoms in total. The van der Waals surface area contributed by atoms with Crippen molar-refractivity contribution in [3.8, 4) is 0 Å². The van der Waals surface area contributed by atoms with Gasteiger partial charge in [-0.1, -0.05) is 13.0 Å². The van der Waals surface area contributed by atoms with Gasteiger partial charge in [-0.25, -0.2) is 9.37 Å². The Morgan fingerprint density at radius 3 is 3.15 bits per heavy atom. The molecule has 2 aromatic rings. The number of rotatable bonds is 3. The van der Waals surface area contributed by atoms with E-state index in [4.69, 9.17) is 0 Å². The van der Waals surface area contributed by atoms with Crippen LogP contribution >= 0.6 is 11.3 Å². The van der Waals surface area contributed by atoms with Crippen LogP contribution in [0.1, 0.15) is 45.2 Å². The first-order valence-corrected chi connectivity index (χ1v) is 7.53. The Morgan fingerprint density at radius 2 is 2.40 bits per heavy atom. The van der Waals surface area contributed by atoms with E-state index in [1.165, 1.54) is 17.4 Å². The fourth-order valence-corrected chi connectivity index (χ4v) is 3.30. The van der Waals surface area contributed by atoms with Crippen LogP contribution in [-0.2, 0) is 12.8 Å². The predicted octanol–water partition coefficient (Wildman–Crippen LogP) is 3.26. The molecule has 1 aromatic carbocycles. The monoisotopic (exact) mass is 290 g/mol. The molecule has 1 aromatic heterocycles. The molecule has 1 N–H and O–H groups in total. The normalized spacial score (nSPS) is 17.0. The zero-order valence-electron chi connectivity index (χ0n) is 11.1. The summed E-state index contributed by atoms with van der Waals surface area (Å²) in [5.74, 6) is -0.310. The van der Waals surface area contributed by atoms with Gasteiger partial charge in [0.05, 0.1) is 17.2 Å². The first-order chi connectivity index (χ1) is 9.67. The van der Waals surface area contributed by atoms with Gasteiger partial charge < -0.3 is 5.32 Å². The number of halogens is 1. The lowest BCUT2D eigenvalue weighted by Gasteiger charge is -2.13. The molecule has 1 aliphatic carbocycles. The van der Waals surface area contributed by atoms with Crippen LogP contribution in [0, 0.1) is 5.82 Å². The Morgan fingerprint density at radius 1 is 1.55 bits per heavy atom. The predicted molar refractivity (Wildman–Crippen MR) is 76.4 cm³/mol. The van der Waals surface area contributed by atoms with Crippen LogP contribution in [0.5, 0.6) is 0 Å². The minimum absolute atomic E-state index is 0.0229. The summed E-state index contributed by atoms with van der Waals surface area (Å²) in [5.41, 5.74) is 2.02. The number of aromatic nitrogens is 1. The van der Waals surface area contributed by atoms with Crippen molar-refractivity contribution in [1.82, 2.24) is 10.3 Å². The van der Waals surface area contributed by atoms with Crippen LogP contribution in [0.3, 0.4) is 0 Å². The molecule has 0 aliphatic heterocycles. The van der Waals surface area contributed by atoms with E-state index in [9.17, 15) is 9.18 Å². The summed E-state index contributed by atoms with van der Waals surface area (Å²) in [6.07, 6.45) is 4.09. The Hall–Kier alpha value is -1.75. The minimum Gasteiger partial charge on any atom is -0.344 e. The molecule has 104 valence electrons. The SMILES string of the molecule is CCc1ncc(C(=O)NC2CCc3cc(F)ccc32)s1. The highest BCUT2D eigenvalue weighted by atomic mass is 32.1. The van der Waals surface area contributed by atoms with Crippen molar-refractivity contribution >= 4 is 17.2 Å². The number of nitrogens with zero attached hydrogens (tertiary/aromatic N) is 1. The lowest BCUT2D eigenvalue weighted by atomic mass is 10.1. The fraction of sp³-hybridized carbons (Fsp3) is 0.333. The molecular weight excluding hydrogens is 275 g/mol. The molecule has 1 unspecified atom stereocenters. The third-order valence-electron chi connectivity index (χ3n) is 3.57. The molecular formula is C15H15FN2OS. The number of benzene rings is 1. The van der Waals surface area contributed by atoms with Gasteiger partial charge in [0.2, 0.25) is 0 Å². The summed E-state index contributed by atoms with van der Waals surface area (Å²) in [7, 11) is 0. The Labute approximate surface area is 120 Å². The smallest absolute Gasteiger partial charge is 0.263 e. The zero-order valence-corrected chi connectivity index (χ0v) is 12.0. The summed E-state index contributed by atoms with van der Waals surface area (Å²) in [6, 6.07) is 4.76. The van der Waals surface area contributed by atoms with Gasteiger partial charge in [-0.2, -0.15) is 0 Å². The molecule has 0 radical (unpaired) electrons. The number of hydrogen-bond donors (Lipinski definition) is 1. The zero-order chi connectivity index (χ0) is 14.1. The van der Waals surface area contributed by atoms with Gasteiger partial charge in [-0.15, -0.1) is 11.3 Å². The third kappa shape index (κ3) is 2.45. The van der Waals surface area contributed by atoms with Crippen molar-refractivity contribution in [3.05, 3.63) is 51.2 Å². The number of fused-ring (bicyclic) bond motifs is 1. The average Bonchev–Trinajstić information content (AvgIpc) is 3.05. The summed E-state index contributed by atoms with van der Waals surface area (Å²) in [4.78, 5) is 17.0. The van der Waals surface area contributed by atoms with Crippen LogP contribution in [0.25, 0.3) is 0 Å². The maximum Gasteiger partial charge on any atom is 0.263 e. The molecule has 0 saturated carbocycles. The fourth-order valence-electron chi connectivity index (χ4n) is 2.54. The molecule has 0 fully saturated rings. The second-order valence-corrected chi connectivity index (χ2v) is 5.99. The maximum atomic E-state index is 13.2. The largest absolute Gasteiger partial charge is 0.344 e. The van der Waals surface area contributed by atoms with Gasteiger partial charge in [0.25, 0.3) is 5.91 Å². The van der Waals surface area contributed by atoms with Gasteiger partial charge in [-0.05, 0) is 42.5 Å². The lowest BCUT2D eigenvalue weighted by Crippen LogP contribution is -2.26. The van der Waals surface area contributed by atoms with Crippen molar-refractivity contribution in [1.29, 1.82) is 0 Å². The van der Waals surface area contributed by atoms with Crippen LogP contribution in [0.15, 0.2) is 24.4 Å². The van der Waals surface area contributed by atoms with E-state index in [-0.39, 0.29) is 17.8 Å². The van der Waals surface area contributed by atoms with Crippen molar-refractivity contribution in [2.24, 2.45) is 0 Å². The Bertz CT molecular complexity index is 653. The van der Waals surface area contributed by atoms with E-state index >= 15 is 0 Å². The molecule has 0 bridgehead atoms. The van der Waals surface area contributed by atoms with Gasteiger partial charge in [-0.3, -0.25) is 4.79 Å². The van der Waals surface area contributed by atoms with Crippen LogP contribution in [0.2, 0.25) is 0 Å². The first kappa shape index (κ1) is 13.2. The number of hydrogen-bond acceptors (Lipinski definition) is 3. The molecule has 3 rings (SSSR count). The van der Waals surface area contributed by atoms with E-state index in [2.05, 4.69) is 10.3 Å². The van der Waals surface area contributed by atoms with E-state index in [0.717, 1.165) is 35.4 Å². The van der Waals surface area contributed by atoms with E-state index in [0.29, 0.717) is 4.88 Å². The van der Waals surface area contributed by atoms with Crippen LogP contribution in [0.4, 0.5) is 4.39 Å². The van der Waals surface area contributed by atoms with Crippen molar-refractivity contribution < 1.29 is 9.18 Å². The van der Waals surface area contributed by atoms with E-state index in [1.54, 1.807) is 18.3 Å². The second kappa shape index (κ2) is 5.32. The van der Waals surface area contributed by atoms with Gasteiger partial charge in [0, 0.05) is 0 Å². The van der Waals surface area contributed by atoms with Gasteiger partial charge in [0.1, 0.15) is 10.7 Å². The molecule has 1 atom stereocenters. The minimum atomic E-state index is -0.217. The second-order valence-electron chi connectivity index (χ2n) is 4.88. The molecule has 5 heteroatoms. The van der Waals surface area contributed by atoms with Crippen LogP contribution in [-0.4, -0.2) is 10.9 Å². The van der Waals surface area contributed by atoms with Crippen molar-refractivity contribution in [2.75, 3.05) is 0 Å². The Balaban J connectivity index is 1.75. The number of aryl methyl sites for hydroxylation is 2. The average molecular weight is 290 g/mol.